The maximum Gasteiger partial charge on any atom is 0.272 e. The van der Waals surface area contributed by atoms with Crippen LogP contribution in [0.5, 0.6) is 0 Å². The summed E-state index contributed by atoms with van der Waals surface area (Å²) < 4.78 is 0. The molecule has 1 amide bonds. The summed E-state index contributed by atoms with van der Waals surface area (Å²) in [5, 5.41) is 2.62. The number of H-pyrrole nitrogens is 1. The monoisotopic (exact) mass is 170 g/mol. The summed E-state index contributed by atoms with van der Waals surface area (Å²) in [6.45, 7) is 0. The number of nitrogens with one attached hydrogen (secondary N) is 1. The third-order valence-corrected chi connectivity index (χ3v) is 2.20. The number of rotatable bonds is 0. The van der Waals surface area contributed by atoms with Crippen molar-refractivity contribution >= 4 is 22.9 Å². The second-order valence-electron chi connectivity index (χ2n) is 3.03. The van der Waals surface area contributed by atoms with Crippen molar-refractivity contribution in [2.45, 2.75) is 0 Å². The fourth-order valence-corrected chi connectivity index (χ4v) is 1.64. The van der Waals surface area contributed by atoms with E-state index in [9.17, 15) is 4.79 Å². The average molecular weight is 170 g/mol. The van der Waals surface area contributed by atoms with Gasteiger partial charge in [-0.05, 0) is 6.07 Å². The lowest BCUT2D eigenvalue weighted by atomic mass is 10.2. The van der Waals surface area contributed by atoms with E-state index >= 15 is 0 Å². The highest BCUT2D eigenvalue weighted by molar-refractivity contribution is 6.07. The molecule has 0 bridgehead atoms. The smallest absolute Gasteiger partial charge is 0.272 e. The van der Waals surface area contributed by atoms with Crippen LogP contribution in [0.15, 0.2) is 29.3 Å². The second-order valence-corrected chi connectivity index (χ2v) is 3.03. The van der Waals surface area contributed by atoms with E-state index in [1.807, 2.05) is 24.3 Å². The fraction of sp³-hybridized carbons (Fsp3) is 0. The van der Waals surface area contributed by atoms with Crippen LogP contribution in [0.3, 0.4) is 0 Å². The lowest BCUT2D eigenvalue weighted by Gasteiger charge is -1.85. The summed E-state index contributed by atoms with van der Waals surface area (Å²) in [5.41, 5.74) is 1.03. The van der Waals surface area contributed by atoms with Crippen molar-refractivity contribution in [1.82, 2.24) is 4.98 Å². The Kier molecular flexibility index (Phi) is 1.05. The summed E-state index contributed by atoms with van der Waals surface area (Å²) in [6, 6.07) is 7.83. The van der Waals surface area contributed by atoms with Crippen LogP contribution >= 0.6 is 0 Å². The highest BCUT2D eigenvalue weighted by Crippen LogP contribution is 2.04. The first-order chi connectivity index (χ1) is 6.34. The van der Waals surface area contributed by atoms with E-state index in [-0.39, 0.29) is 5.91 Å². The molecule has 13 heavy (non-hydrogen) atoms. The van der Waals surface area contributed by atoms with Crippen LogP contribution < -0.4 is 10.7 Å². The molecule has 0 radical (unpaired) electrons. The van der Waals surface area contributed by atoms with Crippen LogP contribution in [0, 0.1) is 0 Å². The number of hydrogen-bond donors (Lipinski definition) is 1. The zero-order chi connectivity index (χ0) is 8.84. The van der Waals surface area contributed by atoms with Crippen molar-refractivity contribution in [3.8, 4) is 0 Å². The second kappa shape index (κ2) is 2.07. The number of aromatic amines is 1. The molecule has 0 saturated carbocycles. The van der Waals surface area contributed by atoms with Crippen molar-refractivity contribution in [1.29, 1.82) is 0 Å². The molecule has 2 aromatic rings. The van der Waals surface area contributed by atoms with Crippen LogP contribution in [0.4, 0.5) is 0 Å². The topological polar surface area (TPSA) is 45.2 Å². The third kappa shape index (κ3) is 0.783. The summed E-state index contributed by atoms with van der Waals surface area (Å²) in [5.74, 6) is -0.174. The number of nitrogens with zero attached hydrogens (tertiary/aromatic N) is 1. The molecule has 1 aromatic heterocycles. The SMILES string of the molecule is O=C1C=c2[nH]c3ccccc3c2=N1. The number of hydrogen-bond acceptors (Lipinski definition) is 1. The molecule has 1 aliphatic rings. The number of benzene rings is 1. The van der Waals surface area contributed by atoms with Gasteiger partial charge in [0.25, 0.3) is 5.91 Å². The molecule has 1 aromatic carbocycles. The first-order valence-electron chi connectivity index (χ1n) is 4.06. The first kappa shape index (κ1) is 6.60. The zero-order valence-corrected chi connectivity index (χ0v) is 6.74. The molecule has 3 heteroatoms. The highest BCUT2D eigenvalue weighted by atomic mass is 16.1. The summed E-state index contributed by atoms with van der Waals surface area (Å²) in [6.07, 6.45) is 1.52. The van der Waals surface area contributed by atoms with Gasteiger partial charge >= 0.3 is 0 Å². The number of carbonyl (C=O) groups is 1. The van der Waals surface area contributed by atoms with Crippen molar-refractivity contribution in [2.75, 3.05) is 0 Å². The van der Waals surface area contributed by atoms with Gasteiger partial charge in [-0.2, -0.15) is 0 Å². The fourth-order valence-electron chi connectivity index (χ4n) is 1.64. The molecule has 62 valence electrons. The quantitative estimate of drug-likeness (QED) is 0.599. The molecule has 0 aliphatic carbocycles. The van der Waals surface area contributed by atoms with Gasteiger partial charge in [0.1, 0.15) is 5.36 Å². The summed E-state index contributed by atoms with van der Waals surface area (Å²) in [7, 11) is 0. The highest BCUT2D eigenvalue weighted by Gasteiger charge is 2.08. The van der Waals surface area contributed by atoms with E-state index in [2.05, 4.69) is 9.98 Å². The van der Waals surface area contributed by atoms with Gasteiger partial charge in [-0.1, -0.05) is 18.2 Å². The molecule has 0 saturated heterocycles. The van der Waals surface area contributed by atoms with Crippen LogP contribution in [0.2, 0.25) is 0 Å². The summed E-state index contributed by atoms with van der Waals surface area (Å²) in [4.78, 5) is 18.0. The van der Waals surface area contributed by atoms with E-state index in [1.54, 1.807) is 0 Å². The molecule has 0 fully saturated rings. The largest absolute Gasteiger partial charge is 0.353 e. The Labute approximate surface area is 73.4 Å². The Morgan fingerprint density at radius 3 is 3.00 bits per heavy atom. The van der Waals surface area contributed by atoms with Gasteiger partial charge in [0.2, 0.25) is 0 Å². The third-order valence-electron chi connectivity index (χ3n) is 2.20. The van der Waals surface area contributed by atoms with Gasteiger partial charge < -0.3 is 4.98 Å². The average Bonchev–Trinajstić information content (AvgIpc) is 2.60. The molecular weight excluding hydrogens is 164 g/mol. The van der Waals surface area contributed by atoms with Gasteiger partial charge in [0.05, 0.1) is 5.35 Å². The van der Waals surface area contributed by atoms with Crippen molar-refractivity contribution in [3.05, 3.63) is 35.0 Å². The molecular formula is C10H6N2O. The molecule has 3 rings (SSSR count). The molecule has 0 atom stereocenters. The van der Waals surface area contributed by atoms with Gasteiger partial charge in [0, 0.05) is 17.0 Å². The number of fused-ring (bicyclic) bond motifs is 3. The van der Waals surface area contributed by atoms with E-state index in [0.717, 1.165) is 21.6 Å². The van der Waals surface area contributed by atoms with E-state index in [1.165, 1.54) is 6.08 Å². The van der Waals surface area contributed by atoms with E-state index in [4.69, 9.17) is 0 Å². The van der Waals surface area contributed by atoms with Gasteiger partial charge in [0.15, 0.2) is 0 Å². The lowest BCUT2D eigenvalue weighted by Crippen LogP contribution is -2.18. The Morgan fingerprint density at radius 2 is 2.08 bits per heavy atom. The maximum atomic E-state index is 11.0. The Hall–Kier alpha value is -1.90. The maximum absolute atomic E-state index is 11.0. The Balaban J connectivity index is 2.66. The van der Waals surface area contributed by atoms with Crippen molar-refractivity contribution in [2.24, 2.45) is 4.99 Å². The number of carbonyl (C=O) groups excluding carboxylic acids is 1. The van der Waals surface area contributed by atoms with Crippen LogP contribution in [-0.4, -0.2) is 10.9 Å². The minimum atomic E-state index is -0.174. The molecule has 0 unspecified atom stereocenters. The minimum absolute atomic E-state index is 0.174. The molecule has 0 spiro atoms. The standard InChI is InChI=1S/C10H6N2O/c13-9-5-8-10(12-9)6-3-1-2-4-7(6)11-8/h1-5,11H. The van der Waals surface area contributed by atoms with Crippen molar-refractivity contribution < 1.29 is 4.79 Å². The van der Waals surface area contributed by atoms with E-state index in [0.29, 0.717) is 0 Å². The van der Waals surface area contributed by atoms with Gasteiger partial charge in [-0.25, -0.2) is 4.99 Å². The molecule has 3 nitrogen and oxygen atoms in total. The van der Waals surface area contributed by atoms with E-state index < -0.39 is 0 Å². The predicted octanol–water partition coefficient (Wildman–Crippen LogP) is 0.108. The lowest BCUT2D eigenvalue weighted by molar-refractivity contribution is -0.112. The van der Waals surface area contributed by atoms with Gasteiger partial charge in [-0.15, -0.1) is 0 Å². The first-order valence-corrected chi connectivity index (χ1v) is 4.06. The van der Waals surface area contributed by atoms with Crippen LogP contribution in [0.1, 0.15) is 0 Å². The Morgan fingerprint density at radius 1 is 1.23 bits per heavy atom. The Bertz CT molecular complexity index is 622. The number of para-hydroxylation sites is 1. The number of amides is 1. The molecule has 1 N–H and O–H groups in total. The van der Waals surface area contributed by atoms with Gasteiger partial charge in [-0.3, -0.25) is 4.79 Å². The number of aromatic nitrogens is 1. The van der Waals surface area contributed by atoms with Crippen LogP contribution in [0.25, 0.3) is 17.0 Å². The zero-order valence-electron chi connectivity index (χ0n) is 6.74. The summed E-state index contributed by atoms with van der Waals surface area (Å²) >= 11 is 0. The minimum Gasteiger partial charge on any atom is -0.353 e. The molecule has 2 heterocycles. The predicted molar refractivity (Wildman–Crippen MR) is 48.6 cm³/mol. The van der Waals surface area contributed by atoms with Crippen LogP contribution in [-0.2, 0) is 4.79 Å². The normalized spacial score (nSPS) is 14.0. The van der Waals surface area contributed by atoms with Crippen molar-refractivity contribution in [3.63, 3.8) is 0 Å². The molecule has 1 aliphatic heterocycles.